The summed E-state index contributed by atoms with van der Waals surface area (Å²) in [4.78, 5) is 20.2. The van der Waals surface area contributed by atoms with Gasteiger partial charge in [-0.05, 0) is 50.6 Å². The van der Waals surface area contributed by atoms with Crippen LogP contribution in [0.5, 0.6) is 0 Å². The Morgan fingerprint density at radius 2 is 2.25 bits per heavy atom. The molecule has 3 N–H and O–H groups in total. The molecule has 0 spiro atoms. The molecule has 1 aliphatic carbocycles. The van der Waals surface area contributed by atoms with Crippen LogP contribution in [0.25, 0.3) is 0 Å². The van der Waals surface area contributed by atoms with Crippen molar-refractivity contribution < 1.29 is 4.79 Å². The molecular formula is C15H20ClN5OS2. The maximum atomic E-state index is 12.1. The van der Waals surface area contributed by atoms with Crippen molar-refractivity contribution in [2.75, 3.05) is 12.8 Å². The van der Waals surface area contributed by atoms with Crippen molar-refractivity contribution >= 4 is 46.6 Å². The van der Waals surface area contributed by atoms with E-state index in [1.165, 1.54) is 49.2 Å². The molecule has 0 atom stereocenters. The van der Waals surface area contributed by atoms with E-state index in [-0.39, 0.29) is 10.7 Å². The summed E-state index contributed by atoms with van der Waals surface area (Å²) in [5.41, 5.74) is 6.73. The van der Waals surface area contributed by atoms with Crippen LogP contribution in [0, 0.1) is 0 Å². The van der Waals surface area contributed by atoms with Gasteiger partial charge in [-0.1, -0.05) is 35.0 Å². The Bertz CT molecular complexity index is 638. The number of hydrogen-bond acceptors (Lipinski definition) is 5. The standard InChI is InChI=1S/C15H20ClN5OS2/c1-24-15-18-9-11(16)12(19-15)13(22)20-21-14(23)17-8-7-10-5-3-2-4-6-10/h5,9H,2-4,6-8H2,1H3,(H,20,22)(H2,17,21,23). The number of nitrogens with one attached hydrogen (secondary N) is 3. The highest BCUT2D eigenvalue weighted by Crippen LogP contribution is 2.19. The minimum absolute atomic E-state index is 0.110. The molecular weight excluding hydrogens is 366 g/mol. The Morgan fingerprint density at radius 3 is 2.96 bits per heavy atom. The average Bonchev–Trinajstić information content (AvgIpc) is 2.61. The molecule has 0 fully saturated rings. The second kappa shape index (κ2) is 9.80. The van der Waals surface area contributed by atoms with Crippen LogP contribution in [-0.4, -0.2) is 33.8 Å². The van der Waals surface area contributed by atoms with E-state index in [0.717, 1.165) is 13.0 Å². The Morgan fingerprint density at radius 1 is 1.42 bits per heavy atom. The summed E-state index contributed by atoms with van der Waals surface area (Å²) in [6.45, 7) is 0.735. The van der Waals surface area contributed by atoms with Gasteiger partial charge in [-0.3, -0.25) is 15.6 Å². The van der Waals surface area contributed by atoms with Crippen molar-refractivity contribution in [1.29, 1.82) is 0 Å². The lowest BCUT2D eigenvalue weighted by Crippen LogP contribution is -2.47. The Kier molecular flexibility index (Phi) is 7.74. The summed E-state index contributed by atoms with van der Waals surface area (Å²) in [7, 11) is 0. The first-order valence-corrected chi connectivity index (χ1v) is 9.70. The molecule has 6 nitrogen and oxygen atoms in total. The number of carbonyl (C=O) groups excluding carboxylic acids is 1. The second-order valence-corrected chi connectivity index (χ2v) is 6.84. The minimum atomic E-state index is -0.461. The van der Waals surface area contributed by atoms with Crippen LogP contribution in [-0.2, 0) is 0 Å². The van der Waals surface area contributed by atoms with E-state index >= 15 is 0 Å². The predicted octanol–water partition coefficient (Wildman–Crippen LogP) is 2.85. The Labute approximate surface area is 156 Å². The number of carbonyl (C=O) groups is 1. The highest BCUT2D eigenvalue weighted by molar-refractivity contribution is 7.98. The molecule has 1 heterocycles. The molecule has 0 unspecified atom stereocenters. The van der Waals surface area contributed by atoms with Gasteiger partial charge in [0.15, 0.2) is 16.0 Å². The largest absolute Gasteiger partial charge is 0.361 e. The molecule has 0 saturated heterocycles. The van der Waals surface area contributed by atoms with Crippen molar-refractivity contribution in [1.82, 2.24) is 26.1 Å². The number of hydrogen-bond donors (Lipinski definition) is 3. The summed E-state index contributed by atoms with van der Waals surface area (Å²) in [5, 5.41) is 4.09. The minimum Gasteiger partial charge on any atom is -0.361 e. The molecule has 24 heavy (non-hydrogen) atoms. The normalized spacial score (nSPS) is 13.8. The fraction of sp³-hybridized carbons (Fsp3) is 0.467. The first-order valence-electron chi connectivity index (χ1n) is 7.68. The maximum Gasteiger partial charge on any atom is 0.289 e. The zero-order valence-corrected chi connectivity index (χ0v) is 15.8. The van der Waals surface area contributed by atoms with Crippen molar-refractivity contribution in [3.8, 4) is 0 Å². The molecule has 2 rings (SSSR count). The number of thioether (sulfide) groups is 1. The zero-order valence-electron chi connectivity index (χ0n) is 13.4. The van der Waals surface area contributed by atoms with Crippen LogP contribution in [0.3, 0.4) is 0 Å². The Hall–Kier alpha value is -1.38. The lowest BCUT2D eigenvalue weighted by atomic mass is 9.97. The lowest BCUT2D eigenvalue weighted by Gasteiger charge is -2.15. The summed E-state index contributed by atoms with van der Waals surface area (Å²) in [6, 6.07) is 0. The SMILES string of the molecule is CSc1ncc(Cl)c(C(=O)NNC(=S)NCCC2=CCCCC2)n1. The number of nitrogens with zero attached hydrogens (tertiary/aromatic N) is 2. The van der Waals surface area contributed by atoms with Crippen LogP contribution in [0.4, 0.5) is 0 Å². The summed E-state index contributed by atoms with van der Waals surface area (Å²) >= 11 is 12.4. The third kappa shape index (κ3) is 5.92. The number of rotatable bonds is 5. The van der Waals surface area contributed by atoms with Crippen LogP contribution in [0.1, 0.15) is 42.6 Å². The topological polar surface area (TPSA) is 78.9 Å². The maximum absolute atomic E-state index is 12.1. The third-order valence-corrected chi connectivity index (χ3v) is 4.61. The molecule has 0 aromatic carbocycles. The zero-order chi connectivity index (χ0) is 17.4. The van der Waals surface area contributed by atoms with Crippen LogP contribution < -0.4 is 16.2 Å². The van der Waals surface area contributed by atoms with E-state index in [0.29, 0.717) is 10.3 Å². The molecule has 0 radical (unpaired) electrons. The van der Waals surface area contributed by atoms with E-state index in [2.05, 4.69) is 32.2 Å². The van der Waals surface area contributed by atoms with Gasteiger partial charge in [-0.15, -0.1) is 0 Å². The quantitative estimate of drug-likeness (QED) is 0.236. The summed E-state index contributed by atoms with van der Waals surface area (Å²) in [6.07, 6.45) is 11.4. The Balaban J connectivity index is 1.74. The fourth-order valence-corrected chi connectivity index (χ4v) is 2.96. The van der Waals surface area contributed by atoms with Crippen molar-refractivity contribution in [3.63, 3.8) is 0 Å². The molecule has 130 valence electrons. The van der Waals surface area contributed by atoms with Crippen molar-refractivity contribution in [3.05, 3.63) is 28.6 Å². The van der Waals surface area contributed by atoms with E-state index in [4.69, 9.17) is 23.8 Å². The van der Waals surface area contributed by atoms with Gasteiger partial charge in [0.1, 0.15) is 0 Å². The van der Waals surface area contributed by atoms with E-state index in [1.807, 2.05) is 6.26 Å². The van der Waals surface area contributed by atoms with Gasteiger partial charge in [-0.2, -0.15) is 0 Å². The van der Waals surface area contributed by atoms with Crippen LogP contribution >= 0.6 is 35.6 Å². The molecule has 1 aliphatic rings. The van der Waals surface area contributed by atoms with Gasteiger partial charge in [-0.25, -0.2) is 9.97 Å². The first-order chi connectivity index (χ1) is 11.6. The molecule has 1 aromatic rings. The molecule has 0 bridgehead atoms. The number of aromatic nitrogens is 2. The van der Waals surface area contributed by atoms with Crippen molar-refractivity contribution in [2.24, 2.45) is 0 Å². The van der Waals surface area contributed by atoms with Gasteiger partial charge < -0.3 is 5.32 Å². The van der Waals surface area contributed by atoms with Gasteiger partial charge in [0, 0.05) is 6.54 Å². The number of thiocarbonyl (C=S) groups is 1. The van der Waals surface area contributed by atoms with E-state index in [1.54, 1.807) is 0 Å². The predicted molar refractivity (Wildman–Crippen MR) is 101 cm³/mol. The van der Waals surface area contributed by atoms with E-state index in [9.17, 15) is 4.79 Å². The monoisotopic (exact) mass is 385 g/mol. The fourth-order valence-electron chi connectivity index (χ4n) is 2.29. The number of allylic oxidation sites excluding steroid dienone is 1. The number of amides is 1. The second-order valence-electron chi connectivity index (χ2n) is 5.25. The van der Waals surface area contributed by atoms with Gasteiger partial charge in [0.25, 0.3) is 5.91 Å². The molecule has 1 amide bonds. The third-order valence-electron chi connectivity index (χ3n) is 3.53. The molecule has 1 aromatic heterocycles. The van der Waals surface area contributed by atoms with Crippen molar-refractivity contribution in [2.45, 2.75) is 37.3 Å². The highest BCUT2D eigenvalue weighted by atomic mass is 35.5. The van der Waals surface area contributed by atoms with Gasteiger partial charge >= 0.3 is 0 Å². The number of hydrazine groups is 1. The molecule has 9 heteroatoms. The lowest BCUT2D eigenvalue weighted by molar-refractivity contribution is 0.0938. The average molecular weight is 386 g/mol. The van der Waals surface area contributed by atoms with Crippen LogP contribution in [0.15, 0.2) is 23.0 Å². The summed E-state index contributed by atoms with van der Waals surface area (Å²) in [5.74, 6) is -0.461. The highest BCUT2D eigenvalue weighted by Gasteiger charge is 2.14. The van der Waals surface area contributed by atoms with Crippen LogP contribution in [0.2, 0.25) is 5.02 Å². The smallest absolute Gasteiger partial charge is 0.289 e. The number of halogens is 1. The van der Waals surface area contributed by atoms with E-state index < -0.39 is 5.91 Å². The molecule has 0 aliphatic heterocycles. The first kappa shape index (κ1) is 19.0. The van der Waals surface area contributed by atoms with Gasteiger partial charge in [0.05, 0.1) is 11.2 Å². The summed E-state index contributed by atoms with van der Waals surface area (Å²) < 4.78 is 0. The molecule has 0 saturated carbocycles. The van der Waals surface area contributed by atoms with Gasteiger partial charge in [0.2, 0.25) is 0 Å².